The number of pyridine rings is 1. The number of hydrogen-bond donors (Lipinski definition) is 1. The van der Waals surface area contributed by atoms with Crippen molar-refractivity contribution in [2.24, 2.45) is 0 Å². The lowest BCUT2D eigenvalue weighted by Crippen LogP contribution is -2.24. The summed E-state index contributed by atoms with van der Waals surface area (Å²) in [6, 6.07) is 13.8. The van der Waals surface area contributed by atoms with Gasteiger partial charge in [-0.1, -0.05) is 18.2 Å². The van der Waals surface area contributed by atoms with E-state index in [9.17, 15) is 4.79 Å². The molecule has 0 fully saturated rings. The fourth-order valence-corrected chi connectivity index (χ4v) is 3.77. The van der Waals surface area contributed by atoms with Crippen molar-refractivity contribution in [3.8, 4) is 11.5 Å². The van der Waals surface area contributed by atoms with Gasteiger partial charge in [0, 0.05) is 36.4 Å². The van der Waals surface area contributed by atoms with Gasteiger partial charge in [-0.3, -0.25) is 9.36 Å². The van der Waals surface area contributed by atoms with Gasteiger partial charge in [-0.05, 0) is 49.1 Å². The second-order valence-electron chi connectivity index (χ2n) is 7.05. The topological polar surface area (TPSA) is 77.6 Å². The Labute approximate surface area is 168 Å². The molecule has 0 unspecified atom stereocenters. The zero-order valence-corrected chi connectivity index (χ0v) is 15.8. The Bertz CT molecular complexity index is 1150. The number of benzene rings is 1. The molecule has 1 amide bonds. The molecule has 0 saturated heterocycles. The highest BCUT2D eigenvalue weighted by molar-refractivity contribution is 5.94. The van der Waals surface area contributed by atoms with Crippen LogP contribution < -0.4 is 5.32 Å². The fraction of sp³-hybridized carbons (Fsp3) is 0.182. The number of amides is 1. The Morgan fingerprint density at radius 3 is 2.83 bits per heavy atom. The minimum Gasteiger partial charge on any atom is -0.347 e. The number of carbonyl (C=O) groups excluding carboxylic acids is 1. The van der Waals surface area contributed by atoms with Gasteiger partial charge in [-0.25, -0.2) is 14.6 Å². The molecule has 7 nitrogen and oxygen atoms in total. The Hall–Kier alpha value is -3.74. The first-order valence-electron chi connectivity index (χ1n) is 9.67. The van der Waals surface area contributed by atoms with Crippen molar-refractivity contribution in [1.29, 1.82) is 0 Å². The van der Waals surface area contributed by atoms with E-state index in [1.807, 2.05) is 57.9 Å². The summed E-state index contributed by atoms with van der Waals surface area (Å²) in [5.41, 5.74) is 4.71. The van der Waals surface area contributed by atoms with Crippen LogP contribution in [0.15, 0.2) is 67.4 Å². The van der Waals surface area contributed by atoms with E-state index in [0.717, 1.165) is 47.6 Å². The van der Waals surface area contributed by atoms with E-state index < -0.39 is 0 Å². The second-order valence-corrected chi connectivity index (χ2v) is 7.05. The molecule has 0 aliphatic heterocycles. The maximum Gasteiger partial charge on any atom is 0.272 e. The Balaban J connectivity index is 1.36. The lowest BCUT2D eigenvalue weighted by atomic mass is 10.2. The Kier molecular flexibility index (Phi) is 4.40. The number of imidazole rings is 1. The average molecular weight is 384 g/mol. The summed E-state index contributed by atoms with van der Waals surface area (Å²) in [6.45, 7) is 0.413. The monoisotopic (exact) mass is 384 g/mol. The SMILES string of the molecule is O=C(NCc1ccnc(-n2ccnc2)c1)c1nn(-c2ccccc2)c2c1CCC2. The van der Waals surface area contributed by atoms with E-state index in [4.69, 9.17) is 0 Å². The van der Waals surface area contributed by atoms with Crippen molar-refractivity contribution in [1.82, 2.24) is 29.6 Å². The number of nitrogens with one attached hydrogen (secondary N) is 1. The first-order chi connectivity index (χ1) is 14.3. The van der Waals surface area contributed by atoms with Gasteiger partial charge in [0.2, 0.25) is 0 Å². The predicted molar refractivity (Wildman–Crippen MR) is 108 cm³/mol. The molecule has 0 atom stereocenters. The van der Waals surface area contributed by atoms with Crippen molar-refractivity contribution < 1.29 is 4.79 Å². The molecule has 144 valence electrons. The van der Waals surface area contributed by atoms with Crippen LogP contribution in [-0.4, -0.2) is 30.2 Å². The summed E-state index contributed by atoms with van der Waals surface area (Å²) in [5.74, 6) is 0.627. The van der Waals surface area contributed by atoms with Gasteiger partial charge < -0.3 is 5.32 Å². The summed E-state index contributed by atoms with van der Waals surface area (Å²) in [4.78, 5) is 21.3. The number of nitrogens with zero attached hydrogens (tertiary/aromatic N) is 5. The fourth-order valence-electron chi connectivity index (χ4n) is 3.77. The van der Waals surface area contributed by atoms with E-state index in [1.165, 1.54) is 0 Å². The van der Waals surface area contributed by atoms with Gasteiger partial charge in [0.15, 0.2) is 5.69 Å². The molecular weight excluding hydrogens is 364 g/mol. The number of para-hydroxylation sites is 1. The highest BCUT2D eigenvalue weighted by Gasteiger charge is 2.26. The summed E-state index contributed by atoms with van der Waals surface area (Å²) in [5, 5.41) is 7.67. The smallest absolute Gasteiger partial charge is 0.272 e. The van der Waals surface area contributed by atoms with Gasteiger partial charge in [0.1, 0.15) is 12.1 Å². The maximum atomic E-state index is 12.9. The average Bonchev–Trinajstić information content (AvgIpc) is 3.51. The second kappa shape index (κ2) is 7.35. The normalized spacial score (nSPS) is 12.7. The lowest BCUT2D eigenvalue weighted by molar-refractivity contribution is 0.0944. The van der Waals surface area contributed by atoms with Crippen molar-refractivity contribution in [2.75, 3.05) is 0 Å². The van der Waals surface area contributed by atoms with Crippen LogP contribution in [-0.2, 0) is 19.4 Å². The van der Waals surface area contributed by atoms with Crippen molar-refractivity contribution in [3.63, 3.8) is 0 Å². The number of hydrogen-bond acceptors (Lipinski definition) is 4. The maximum absolute atomic E-state index is 12.9. The van der Waals surface area contributed by atoms with Crippen molar-refractivity contribution in [3.05, 3.63) is 89.9 Å². The van der Waals surface area contributed by atoms with Crippen LogP contribution in [0, 0.1) is 0 Å². The highest BCUT2D eigenvalue weighted by Crippen LogP contribution is 2.27. The van der Waals surface area contributed by atoms with Gasteiger partial charge >= 0.3 is 0 Å². The molecule has 0 bridgehead atoms. The van der Waals surface area contributed by atoms with Crippen LogP contribution >= 0.6 is 0 Å². The van der Waals surface area contributed by atoms with Crippen molar-refractivity contribution >= 4 is 5.91 Å². The van der Waals surface area contributed by atoms with E-state index in [-0.39, 0.29) is 5.91 Å². The molecule has 1 N–H and O–H groups in total. The Morgan fingerprint density at radius 2 is 2.00 bits per heavy atom. The summed E-state index contributed by atoms with van der Waals surface area (Å²) in [6.07, 6.45) is 9.87. The number of aromatic nitrogens is 5. The third-order valence-corrected chi connectivity index (χ3v) is 5.18. The lowest BCUT2D eigenvalue weighted by Gasteiger charge is -2.07. The zero-order valence-electron chi connectivity index (χ0n) is 15.8. The molecule has 0 spiro atoms. The molecule has 0 radical (unpaired) electrons. The standard InChI is InChI=1S/C22H20N6O/c29-22(25-14-16-9-10-24-20(13-16)27-12-11-23-15-27)21-18-7-4-8-19(18)28(26-21)17-5-2-1-3-6-17/h1-3,5-6,9-13,15H,4,7-8,14H2,(H,25,29). The van der Waals surface area contributed by atoms with E-state index in [0.29, 0.717) is 12.2 Å². The van der Waals surface area contributed by atoms with Crippen LogP contribution in [0.3, 0.4) is 0 Å². The number of rotatable bonds is 5. The molecule has 5 rings (SSSR count). The molecule has 3 heterocycles. The molecule has 3 aromatic heterocycles. The molecule has 1 aliphatic carbocycles. The van der Waals surface area contributed by atoms with E-state index in [1.54, 1.807) is 18.7 Å². The summed E-state index contributed by atoms with van der Waals surface area (Å²) < 4.78 is 3.75. The first-order valence-corrected chi connectivity index (χ1v) is 9.67. The number of fused-ring (bicyclic) bond motifs is 1. The Morgan fingerprint density at radius 1 is 1.10 bits per heavy atom. The molecule has 1 aromatic carbocycles. The highest BCUT2D eigenvalue weighted by atomic mass is 16.1. The molecule has 29 heavy (non-hydrogen) atoms. The van der Waals surface area contributed by atoms with Crippen LogP contribution in [0.5, 0.6) is 0 Å². The minimum atomic E-state index is -0.140. The molecule has 4 aromatic rings. The molecule has 0 saturated carbocycles. The van der Waals surface area contributed by atoms with Crippen LogP contribution in [0.1, 0.15) is 33.7 Å². The third-order valence-electron chi connectivity index (χ3n) is 5.18. The van der Waals surface area contributed by atoms with E-state index in [2.05, 4.69) is 20.4 Å². The number of carbonyl (C=O) groups is 1. The van der Waals surface area contributed by atoms with Gasteiger partial charge in [-0.2, -0.15) is 5.10 Å². The molecule has 1 aliphatic rings. The minimum absolute atomic E-state index is 0.140. The van der Waals surface area contributed by atoms with Gasteiger partial charge in [0.25, 0.3) is 5.91 Å². The molecule has 7 heteroatoms. The van der Waals surface area contributed by atoms with E-state index >= 15 is 0 Å². The first kappa shape index (κ1) is 17.4. The zero-order chi connectivity index (χ0) is 19.6. The van der Waals surface area contributed by atoms with Gasteiger partial charge in [-0.15, -0.1) is 0 Å². The van der Waals surface area contributed by atoms with Crippen LogP contribution in [0.25, 0.3) is 11.5 Å². The molecular formula is C22H20N6O. The largest absolute Gasteiger partial charge is 0.347 e. The summed E-state index contributed by atoms with van der Waals surface area (Å²) >= 11 is 0. The third kappa shape index (κ3) is 3.31. The predicted octanol–water partition coefficient (Wildman–Crippen LogP) is 2.87. The van der Waals surface area contributed by atoms with Gasteiger partial charge in [0.05, 0.1) is 5.69 Å². The summed E-state index contributed by atoms with van der Waals surface area (Å²) in [7, 11) is 0. The van der Waals surface area contributed by atoms with Crippen LogP contribution in [0.4, 0.5) is 0 Å². The quantitative estimate of drug-likeness (QED) is 0.574. The van der Waals surface area contributed by atoms with Crippen LogP contribution in [0.2, 0.25) is 0 Å². The van der Waals surface area contributed by atoms with Crippen molar-refractivity contribution in [2.45, 2.75) is 25.8 Å².